The SMILES string of the molecule is Cn1c(=NNC(=O)c2cccc(S(C)(=O)=O)c2)sc2ccccc21. The topological polar surface area (TPSA) is 80.5 Å². The van der Waals surface area contributed by atoms with E-state index in [4.69, 9.17) is 0 Å². The summed E-state index contributed by atoms with van der Waals surface area (Å²) >= 11 is 1.45. The third-order valence-corrected chi connectivity index (χ3v) is 5.72. The Balaban J connectivity index is 1.91. The third-order valence-electron chi connectivity index (χ3n) is 3.49. The molecular formula is C16H15N3O3S2. The molecule has 0 aliphatic rings. The van der Waals surface area contributed by atoms with E-state index in [2.05, 4.69) is 10.5 Å². The molecule has 2 aromatic carbocycles. The highest BCUT2D eigenvalue weighted by Gasteiger charge is 2.11. The first-order valence-electron chi connectivity index (χ1n) is 7.05. The third kappa shape index (κ3) is 3.24. The standard InChI is InChI=1S/C16H15N3O3S2/c1-19-13-8-3-4-9-14(13)23-16(19)18-17-15(20)11-6-5-7-12(10-11)24(2,21)22/h3-10H,1-2H3,(H,17,20). The molecule has 124 valence electrons. The van der Waals surface area contributed by atoms with Crippen LogP contribution in [-0.2, 0) is 16.9 Å². The number of aromatic nitrogens is 1. The van der Waals surface area contributed by atoms with Crippen molar-refractivity contribution in [2.45, 2.75) is 4.90 Å². The van der Waals surface area contributed by atoms with Crippen LogP contribution in [0.5, 0.6) is 0 Å². The van der Waals surface area contributed by atoms with Gasteiger partial charge in [-0.05, 0) is 30.3 Å². The van der Waals surface area contributed by atoms with E-state index in [1.165, 1.54) is 29.5 Å². The van der Waals surface area contributed by atoms with E-state index in [0.717, 1.165) is 16.5 Å². The maximum absolute atomic E-state index is 12.2. The lowest BCUT2D eigenvalue weighted by Gasteiger charge is -2.02. The summed E-state index contributed by atoms with van der Waals surface area (Å²) < 4.78 is 26.1. The van der Waals surface area contributed by atoms with E-state index in [-0.39, 0.29) is 10.5 Å². The molecule has 0 radical (unpaired) electrons. The average Bonchev–Trinajstić information content (AvgIpc) is 2.88. The number of aryl methyl sites for hydroxylation is 1. The van der Waals surface area contributed by atoms with Crippen molar-refractivity contribution in [1.29, 1.82) is 0 Å². The molecule has 3 rings (SSSR count). The summed E-state index contributed by atoms with van der Waals surface area (Å²) in [5.41, 5.74) is 3.74. The Kier molecular flexibility index (Phi) is 4.25. The van der Waals surface area contributed by atoms with Crippen LogP contribution in [0.15, 0.2) is 58.5 Å². The molecule has 0 fully saturated rings. The summed E-state index contributed by atoms with van der Waals surface area (Å²) in [4.78, 5) is 13.0. The van der Waals surface area contributed by atoms with Gasteiger partial charge < -0.3 is 4.57 Å². The molecule has 0 aliphatic carbocycles. The molecule has 8 heteroatoms. The molecule has 0 bridgehead atoms. The van der Waals surface area contributed by atoms with E-state index in [9.17, 15) is 13.2 Å². The van der Waals surface area contributed by atoms with Crippen LogP contribution in [0, 0.1) is 0 Å². The zero-order chi connectivity index (χ0) is 17.3. The number of rotatable bonds is 3. The molecule has 1 N–H and O–H groups in total. The number of nitrogens with zero attached hydrogens (tertiary/aromatic N) is 2. The lowest BCUT2D eigenvalue weighted by Crippen LogP contribution is -2.23. The normalized spacial score (nSPS) is 12.5. The van der Waals surface area contributed by atoms with Crippen LogP contribution in [0.25, 0.3) is 10.2 Å². The van der Waals surface area contributed by atoms with Crippen LogP contribution < -0.4 is 10.2 Å². The Morgan fingerprint density at radius 3 is 2.62 bits per heavy atom. The molecule has 1 heterocycles. The van der Waals surface area contributed by atoms with Crippen molar-refractivity contribution in [2.24, 2.45) is 12.1 Å². The molecule has 0 aliphatic heterocycles. The van der Waals surface area contributed by atoms with Gasteiger partial charge in [-0.15, -0.1) is 5.10 Å². The largest absolute Gasteiger partial charge is 0.318 e. The van der Waals surface area contributed by atoms with Gasteiger partial charge in [0.15, 0.2) is 9.84 Å². The number of hydrogen-bond acceptors (Lipinski definition) is 5. The van der Waals surface area contributed by atoms with Crippen molar-refractivity contribution in [3.8, 4) is 0 Å². The second-order valence-corrected chi connectivity index (χ2v) is 8.29. The lowest BCUT2D eigenvalue weighted by atomic mass is 10.2. The number of carbonyl (C=O) groups excluding carboxylic acids is 1. The Morgan fingerprint density at radius 1 is 1.17 bits per heavy atom. The Hall–Kier alpha value is -2.45. The maximum atomic E-state index is 12.2. The van der Waals surface area contributed by atoms with Crippen LogP contribution in [-0.4, -0.2) is 25.1 Å². The van der Waals surface area contributed by atoms with Crippen molar-refractivity contribution in [3.05, 3.63) is 58.9 Å². The highest BCUT2D eigenvalue weighted by molar-refractivity contribution is 7.90. The van der Waals surface area contributed by atoms with Crippen LogP contribution >= 0.6 is 11.3 Å². The summed E-state index contributed by atoms with van der Waals surface area (Å²) in [5.74, 6) is -0.460. The van der Waals surface area contributed by atoms with E-state index >= 15 is 0 Å². The number of fused-ring (bicyclic) bond motifs is 1. The summed E-state index contributed by atoms with van der Waals surface area (Å²) in [6.45, 7) is 0. The van der Waals surface area contributed by atoms with Gasteiger partial charge in [0.1, 0.15) is 0 Å². The number of thiazole rings is 1. The van der Waals surface area contributed by atoms with Gasteiger partial charge in [-0.3, -0.25) is 4.79 Å². The van der Waals surface area contributed by atoms with Gasteiger partial charge in [0.05, 0.1) is 15.1 Å². The molecule has 0 saturated heterocycles. The molecular weight excluding hydrogens is 346 g/mol. The van der Waals surface area contributed by atoms with Gasteiger partial charge in [-0.2, -0.15) is 0 Å². The fourth-order valence-electron chi connectivity index (χ4n) is 2.22. The molecule has 0 spiro atoms. The number of benzene rings is 2. The Bertz CT molecular complexity index is 1090. The number of hydrogen-bond donors (Lipinski definition) is 1. The van der Waals surface area contributed by atoms with Gasteiger partial charge >= 0.3 is 0 Å². The zero-order valence-corrected chi connectivity index (χ0v) is 14.7. The summed E-state index contributed by atoms with van der Waals surface area (Å²) in [6, 6.07) is 13.7. The maximum Gasteiger partial charge on any atom is 0.271 e. The van der Waals surface area contributed by atoms with Gasteiger partial charge in [0.25, 0.3) is 5.91 Å². The van der Waals surface area contributed by atoms with E-state index in [0.29, 0.717) is 4.80 Å². The number of para-hydroxylation sites is 1. The zero-order valence-electron chi connectivity index (χ0n) is 13.1. The minimum atomic E-state index is -3.36. The second kappa shape index (κ2) is 6.21. The van der Waals surface area contributed by atoms with E-state index < -0.39 is 15.7 Å². The van der Waals surface area contributed by atoms with Gasteiger partial charge in [-0.25, -0.2) is 13.8 Å². The van der Waals surface area contributed by atoms with Crippen LogP contribution in [0.1, 0.15) is 10.4 Å². The minimum Gasteiger partial charge on any atom is -0.318 e. The van der Waals surface area contributed by atoms with E-state index in [1.807, 2.05) is 35.9 Å². The van der Waals surface area contributed by atoms with Crippen LogP contribution in [0.2, 0.25) is 0 Å². The monoisotopic (exact) mass is 361 g/mol. The molecule has 6 nitrogen and oxygen atoms in total. The fraction of sp³-hybridized carbons (Fsp3) is 0.125. The van der Waals surface area contributed by atoms with Crippen LogP contribution in [0.4, 0.5) is 0 Å². The minimum absolute atomic E-state index is 0.0996. The fourth-order valence-corrected chi connectivity index (χ4v) is 3.87. The first-order valence-corrected chi connectivity index (χ1v) is 9.76. The van der Waals surface area contributed by atoms with Crippen molar-refractivity contribution in [2.75, 3.05) is 6.26 Å². The second-order valence-electron chi connectivity index (χ2n) is 5.26. The molecule has 0 unspecified atom stereocenters. The van der Waals surface area contributed by atoms with Crippen molar-refractivity contribution in [3.63, 3.8) is 0 Å². The quantitative estimate of drug-likeness (QED) is 0.724. The molecule has 0 saturated carbocycles. The summed E-state index contributed by atoms with van der Waals surface area (Å²) in [5, 5.41) is 4.14. The first kappa shape index (κ1) is 16.4. The van der Waals surface area contributed by atoms with Crippen LogP contribution in [0.3, 0.4) is 0 Å². The number of carbonyl (C=O) groups is 1. The average molecular weight is 361 g/mol. The van der Waals surface area contributed by atoms with Gasteiger partial charge in [-0.1, -0.05) is 29.5 Å². The smallest absolute Gasteiger partial charge is 0.271 e. The summed E-state index contributed by atoms with van der Waals surface area (Å²) in [7, 11) is -1.49. The number of sulfone groups is 1. The van der Waals surface area contributed by atoms with E-state index in [1.54, 1.807) is 6.07 Å². The molecule has 24 heavy (non-hydrogen) atoms. The van der Waals surface area contributed by atoms with Gasteiger partial charge in [0.2, 0.25) is 4.80 Å². The Labute approximate surface area is 143 Å². The van der Waals surface area contributed by atoms with Gasteiger partial charge in [0, 0.05) is 18.9 Å². The molecule has 3 aromatic rings. The highest BCUT2D eigenvalue weighted by atomic mass is 32.2. The van der Waals surface area contributed by atoms with Crippen molar-refractivity contribution in [1.82, 2.24) is 9.99 Å². The highest BCUT2D eigenvalue weighted by Crippen LogP contribution is 2.15. The molecule has 0 atom stereocenters. The predicted molar refractivity (Wildman–Crippen MR) is 93.4 cm³/mol. The molecule has 1 aromatic heterocycles. The van der Waals surface area contributed by atoms with Crippen molar-refractivity contribution < 1.29 is 13.2 Å². The number of nitrogens with one attached hydrogen (secondary N) is 1. The first-order chi connectivity index (χ1) is 11.4. The Morgan fingerprint density at radius 2 is 1.92 bits per heavy atom. The molecule has 1 amide bonds. The van der Waals surface area contributed by atoms with Crippen molar-refractivity contribution >= 4 is 37.3 Å². The lowest BCUT2D eigenvalue weighted by molar-refractivity contribution is 0.0952. The number of amides is 1. The summed E-state index contributed by atoms with van der Waals surface area (Å²) in [6.07, 6.45) is 1.10. The predicted octanol–water partition coefficient (Wildman–Crippen LogP) is 1.89.